The Kier molecular flexibility index (Phi) is 7.59. The van der Waals surface area contributed by atoms with Crippen LogP contribution in [0.1, 0.15) is 28.1 Å². The first-order valence-electron chi connectivity index (χ1n) is 10.8. The highest BCUT2D eigenvalue weighted by molar-refractivity contribution is 7.18. The minimum Gasteiger partial charge on any atom is -0.465 e. The van der Waals surface area contributed by atoms with E-state index in [4.69, 9.17) is 14.3 Å². The number of rotatable bonds is 7. The molecule has 3 aromatic rings. The Morgan fingerprint density at radius 1 is 1.03 bits per heavy atom. The molecular weight excluding hydrogens is 440 g/mol. The fourth-order valence-electron chi connectivity index (χ4n) is 3.65. The van der Waals surface area contributed by atoms with Crippen LogP contribution in [-0.2, 0) is 20.9 Å². The van der Waals surface area contributed by atoms with Crippen LogP contribution in [0.4, 0.5) is 10.5 Å². The van der Waals surface area contributed by atoms with E-state index in [0.717, 1.165) is 34.5 Å². The minimum absolute atomic E-state index is 0.145. The van der Waals surface area contributed by atoms with E-state index in [1.54, 1.807) is 5.06 Å². The number of hydrogen-bond donors (Lipinski definition) is 1. The van der Waals surface area contributed by atoms with E-state index in [9.17, 15) is 9.59 Å². The number of thiophene rings is 1. The number of piperidine rings is 1. The van der Waals surface area contributed by atoms with E-state index in [0.29, 0.717) is 18.0 Å². The zero-order valence-corrected chi connectivity index (χ0v) is 19.2. The lowest BCUT2D eigenvalue weighted by molar-refractivity contribution is -0.139. The zero-order valence-electron chi connectivity index (χ0n) is 18.4. The molecule has 0 unspecified atom stereocenters. The number of ether oxygens (including phenoxy) is 2. The maximum absolute atomic E-state index is 12.3. The summed E-state index contributed by atoms with van der Waals surface area (Å²) in [4.78, 5) is 31.2. The van der Waals surface area contributed by atoms with E-state index < -0.39 is 6.16 Å². The first-order chi connectivity index (χ1) is 16.1. The van der Waals surface area contributed by atoms with E-state index in [2.05, 4.69) is 5.32 Å². The van der Waals surface area contributed by atoms with Crippen molar-refractivity contribution in [3.05, 3.63) is 77.2 Å². The molecule has 172 valence electrons. The van der Waals surface area contributed by atoms with Gasteiger partial charge in [0, 0.05) is 24.0 Å². The second-order valence-corrected chi connectivity index (χ2v) is 8.73. The second kappa shape index (κ2) is 11.0. The molecule has 0 bridgehead atoms. The Bertz CT molecular complexity index is 1060. The Morgan fingerprint density at radius 2 is 1.70 bits per heavy atom. The molecule has 2 aromatic carbocycles. The van der Waals surface area contributed by atoms with Crippen molar-refractivity contribution < 1.29 is 23.9 Å². The fourth-order valence-corrected chi connectivity index (χ4v) is 4.69. The molecule has 0 radical (unpaired) electrons. The first-order valence-corrected chi connectivity index (χ1v) is 11.6. The van der Waals surface area contributed by atoms with Crippen LogP contribution in [0.15, 0.2) is 66.7 Å². The van der Waals surface area contributed by atoms with Crippen molar-refractivity contribution in [3.63, 3.8) is 0 Å². The van der Waals surface area contributed by atoms with E-state index in [1.165, 1.54) is 18.4 Å². The summed E-state index contributed by atoms with van der Waals surface area (Å²) in [5, 5.41) is 5.11. The van der Waals surface area contributed by atoms with Gasteiger partial charge >= 0.3 is 12.1 Å². The van der Waals surface area contributed by atoms with Gasteiger partial charge in [0.25, 0.3) is 0 Å². The molecule has 8 heteroatoms. The molecule has 7 nitrogen and oxygen atoms in total. The molecule has 1 aliphatic heterocycles. The van der Waals surface area contributed by atoms with Gasteiger partial charge in [-0.15, -0.1) is 16.4 Å². The van der Waals surface area contributed by atoms with Crippen LogP contribution in [-0.4, -0.2) is 43.4 Å². The lowest BCUT2D eigenvalue weighted by atomic mass is 10.1. The number of esters is 1. The third-order valence-electron chi connectivity index (χ3n) is 5.38. The summed E-state index contributed by atoms with van der Waals surface area (Å²) in [5.74, 6) is -0.355. The fraction of sp³-hybridized carbons (Fsp3) is 0.280. The SMILES string of the molecule is COC(=O)c1sc(-c2ccccc2)cc1NC1CCN(OC(=O)OCc2ccccc2)CC1. The zero-order chi connectivity index (χ0) is 23.0. The molecule has 0 spiro atoms. The number of nitrogens with one attached hydrogen (secondary N) is 1. The summed E-state index contributed by atoms with van der Waals surface area (Å²) in [7, 11) is 1.39. The smallest absolute Gasteiger partial charge is 0.465 e. The van der Waals surface area contributed by atoms with Gasteiger partial charge in [-0.05, 0) is 30.0 Å². The number of anilines is 1. The highest BCUT2D eigenvalue weighted by Gasteiger charge is 2.25. The quantitative estimate of drug-likeness (QED) is 0.471. The van der Waals surface area contributed by atoms with Gasteiger partial charge in [0.05, 0.1) is 12.8 Å². The Hall–Kier alpha value is -3.36. The molecule has 0 aliphatic carbocycles. The van der Waals surface area contributed by atoms with Crippen molar-refractivity contribution in [2.75, 3.05) is 25.5 Å². The molecule has 0 saturated carbocycles. The molecule has 1 N–H and O–H groups in total. The predicted octanol–water partition coefficient (Wildman–Crippen LogP) is 5.35. The van der Waals surface area contributed by atoms with E-state index in [-0.39, 0.29) is 18.6 Å². The summed E-state index contributed by atoms with van der Waals surface area (Å²) >= 11 is 1.41. The standard InChI is InChI=1S/C25H26N2O5S/c1-30-24(28)23-21(16-22(33-23)19-10-6-3-7-11-19)26-20-12-14-27(15-13-20)32-25(29)31-17-18-8-4-2-5-9-18/h2-11,16,20,26H,12-15,17H2,1H3. The molecule has 2 heterocycles. The largest absolute Gasteiger partial charge is 0.528 e. The summed E-state index contributed by atoms with van der Waals surface area (Å²) < 4.78 is 10.2. The Morgan fingerprint density at radius 3 is 2.36 bits per heavy atom. The highest BCUT2D eigenvalue weighted by Crippen LogP contribution is 2.36. The Balaban J connectivity index is 1.31. The predicted molar refractivity (Wildman–Crippen MR) is 127 cm³/mol. The van der Waals surface area contributed by atoms with Crippen LogP contribution < -0.4 is 5.32 Å². The van der Waals surface area contributed by atoms with E-state index >= 15 is 0 Å². The van der Waals surface area contributed by atoms with Crippen LogP contribution in [0.3, 0.4) is 0 Å². The molecule has 1 saturated heterocycles. The van der Waals surface area contributed by atoms with Crippen molar-refractivity contribution in [2.45, 2.75) is 25.5 Å². The molecule has 4 rings (SSSR count). The van der Waals surface area contributed by atoms with Crippen LogP contribution in [0, 0.1) is 0 Å². The highest BCUT2D eigenvalue weighted by atomic mass is 32.1. The number of benzene rings is 2. The summed E-state index contributed by atoms with van der Waals surface area (Å²) in [5.41, 5.74) is 2.73. The third-order valence-corrected chi connectivity index (χ3v) is 6.54. The van der Waals surface area contributed by atoms with Crippen molar-refractivity contribution in [1.82, 2.24) is 5.06 Å². The number of hydrogen-bond acceptors (Lipinski definition) is 8. The van der Waals surface area contributed by atoms with Crippen LogP contribution in [0.5, 0.6) is 0 Å². The van der Waals surface area contributed by atoms with Crippen LogP contribution in [0.25, 0.3) is 10.4 Å². The third kappa shape index (κ3) is 6.12. The van der Waals surface area contributed by atoms with Gasteiger partial charge < -0.3 is 19.6 Å². The average molecular weight is 467 g/mol. The molecule has 1 fully saturated rings. The molecule has 33 heavy (non-hydrogen) atoms. The number of methoxy groups -OCH3 is 1. The molecule has 0 atom stereocenters. The monoisotopic (exact) mass is 466 g/mol. The van der Waals surface area contributed by atoms with Crippen molar-refractivity contribution in [3.8, 4) is 10.4 Å². The van der Waals surface area contributed by atoms with Crippen LogP contribution >= 0.6 is 11.3 Å². The van der Waals surface area contributed by atoms with Gasteiger partial charge in [0.2, 0.25) is 0 Å². The number of nitrogens with zero attached hydrogens (tertiary/aromatic N) is 1. The van der Waals surface area contributed by atoms with Crippen molar-refractivity contribution in [1.29, 1.82) is 0 Å². The van der Waals surface area contributed by atoms with Crippen molar-refractivity contribution in [2.24, 2.45) is 0 Å². The molecule has 1 aromatic heterocycles. The maximum atomic E-state index is 12.3. The van der Waals surface area contributed by atoms with Crippen molar-refractivity contribution >= 4 is 29.1 Å². The Labute approximate surface area is 196 Å². The van der Waals surface area contributed by atoms with Gasteiger partial charge in [-0.1, -0.05) is 60.7 Å². The molecule has 0 amide bonds. The van der Waals surface area contributed by atoms with Gasteiger partial charge in [0.15, 0.2) is 0 Å². The van der Waals surface area contributed by atoms with Gasteiger partial charge in [0.1, 0.15) is 11.5 Å². The van der Waals surface area contributed by atoms with Gasteiger partial charge in [-0.2, -0.15) is 0 Å². The topological polar surface area (TPSA) is 77.1 Å². The first kappa shape index (κ1) is 22.8. The maximum Gasteiger partial charge on any atom is 0.528 e. The van der Waals surface area contributed by atoms with Gasteiger partial charge in [-0.3, -0.25) is 0 Å². The molecule has 1 aliphatic rings. The number of carbonyl (C=O) groups excluding carboxylic acids is 2. The lowest BCUT2D eigenvalue weighted by Gasteiger charge is -2.31. The summed E-state index contributed by atoms with van der Waals surface area (Å²) in [6.07, 6.45) is 0.801. The average Bonchev–Trinajstić information content (AvgIpc) is 3.28. The van der Waals surface area contributed by atoms with E-state index in [1.807, 2.05) is 66.7 Å². The van der Waals surface area contributed by atoms with Crippen LogP contribution in [0.2, 0.25) is 0 Å². The lowest BCUT2D eigenvalue weighted by Crippen LogP contribution is -2.40. The number of hydroxylamine groups is 2. The summed E-state index contributed by atoms with van der Waals surface area (Å²) in [6, 6.07) is 21.6. The summed E-state index contributed by atoms with van der Waals surface area (Å²) in [6.45, 7) is 1.32. The molecular formula is C25H26N2O5S. The normalized spacial score (nSPS) is 14.5. The minimum atomic E-state index is -0.705. The van der Waals surface area contributed by atoms with Gasteiger partial charge in [-0.25, -0.2) is 9.59 Å². The number of carbonyl (C=O) groups is 2. The second-order valence-electron chi connectivity index (χ2n) is 7.67.